The molecular weight excluding hydrogens is 853 g/mol. The van der Waals surface area contributed by atoms with Crippen LogP contribution in [0, 0.1) is 59.3 Å². The standard InChI is InChI=1S/C56H49N6O4S/c1-7-58(53-37(3)18-16-19-38(53)4)44-32-28-42(29-33-44)51(43-30-34-45(35-31-43)59(8-2)54-39(5)20-17-21-40(54)6)55-52(41-22-10-9-11-23-41)46(36-57)56(67-55)60(47-24-12-14-26-49(47)61(63)64)48-25-13-15-27-50(48)62(65)66/h9-35H,7-8H2,1-6H3/q+1. The quantitative estimate of drug-likeness (QED) is 0.0642. The number of thiophene rings is 1. The summed E-state index contributed by atoms with van der Waals surface area (Å²) in [7, 11) is 0. The van der Waals surface area contributed by atoms with Gasteiger partial charge in [-0.25, -0.2) is 0 Å². The molecule has 1 heterocycles. The van der Waals surface area contributed by atoms with Gasteiger partial charge in [-0.1, -0.05) is 103 Å². The Balaban J connectivity index is 1.44. The number of anilines is 5. The molecule has 1 aliphatic rings. The lowest BCUT2D eigenvalue weighted by Gasteiger charge is -2.27. The van der Waals surface area contributed by atoms with Crippen LogP contribution in [0.3, 0.4) is 0 Å². The second-order valence-corrected chi connectivity index (χ2v) is 17.2. The van der Waals surface area contributed by atoms with Crippen molar-refractivity contribution in [2.24, 2.45) is 0 Å². The van der Waals surface area contributed by atoms with E-state index in [-0.39, 0.29) is 28.3 Å². The molecule has 0 radical (unpaired) electrons. The maximum absolute atomic E-state index is 12.8. The minimum absolute atomic E-state index is 0.0817. The number of nitriles is 1. The fourth-order valence-corrected chi connectivity index (χ4v) is 10.5. The molecule has 7 aromatic rings. The number of allylic oxidation sites excluding steroid dienone is 5. The summed E-state index contributed by atoms with van der Waals surface area (Å²) in [4.78, 5) is 29.0. The van der Waals surface area contributed by atoms with E-state index < -0.39 is 9.85 Å². The van der Waals surface area contributed by atoms with Crippen molar-refractivity contribution < 1.29 is 14.4 Å². The second kappa shape index (κ2) is 19.5. The summed E-state index contributed by atoms with van der Waals surface area (Å²) >= 11 is 1.27. The van der Waals surface area contributed by atoms with Gasteiger partial charge in [0.25, 0.3) is 11.4 Å². The molecular formula is C56H49N6O4S+. The van der Waals surface area contributed by atoms with Crippen LogP contribution in [-0.2, 0) is 0 Å². The smallest absolute Gasteiger partial charge is 0.293 e. The highest BCUT2D eigenvalue weighted by atomic mass is 32.1. The first kappa shape index (κ1) is 45.4. The van der Waals surface area contributed by atoms with Gasteiger partial charge in [-0.2, -0.15) is 9.84 Å². The van der Waals surface area contributed by atoms with Crippen LogP contribution >= 0.6 is 11.3 Å². The van der Waals surface area contributed by atoms with E-state index in [9.17, 15) is 25.5 Å². The molecule has 10 nitrogen and oxygen atoms in total. The highest BCUT2D eigenvalue weighted by Gasteiger charge is 2.34. The molecule has 0 saturated heterocycles. The molecule has 0 fully saturated rings. The summed E-state index contributed by atoms with van der Waals surface area (Å²) in [6.45, 7) is 14.2. The summed E-state index contributed by atoms with van der Waals surface area (Å²) in [5, 5.41) is 37.2. The second-order valence-electron chi connectivity index (χ2n) is 16.2. The number of rotatable bonds is 13. The third kappa shape index (κ3) is 8.70. The van der Waals surface area contributed by atoms with E-state index in [0.717, 1.165) is 58.1 Å². The van der Waals surface area contributed by atoms with E-state index in [0.29, 0.717) is 15.4 Å². The fourth-order valence-electron chi connectivity index (χ4n) is 9.15. The van der Waals surface area contributed by atoms with Gasteiger partial charge in [0.15, 0.2) is 0 Å². The first-order chi connectivity index (χ1) is 32.5. The molecule has 0 amide bonds. The molecule has 332 valence electrons. The minimum Gasteiger partial charge on any atom is -0.341 e. The van der Waals surface area contributed by atoms with Crippen molar-refractivity contribution in [1.29, 1.82) is 5.26 Å². The van der Waals surface area contributed by atoms with Gasteiger partial charge < -0.3 is 4.90 Å². The van der Waals surface area contributed by atoms with Gasteiger partial charge in [-0.15, -0.1) is 11.3 Å². The monoisotopic (exact) mass is 901 g/mol. The first-order valence-electron chi connectivity index (χ1n) is 22.1. The number of hydrogen-bond donors (Lipinski definition) is 0. The van der Waals surface area contributed by atoms with Gasteiger partial charge in [0.05, 0.1) is 15.4 Å². The Morgan fingerprint density at radius 2 is 1.16 bits per heavy atom. The van der Waals surface area contributed by atoms with Crippen molar-refractivity contribution >= 4 is 67.4 Å². The highest BCUT2D eigenvalue weighted by Crippen LogP contribution is 2.54. The normalized spacial score (nSPS) is 11.9. The lowest BCUT2D eigenvalue weighted by molar-refractivity contribution is -0.435. The summed E-state index contributed by atoms with van der Waals surface area (Å²) in [6.07, 6.45) is 8.44. The van der Waals surface area contributed by atoms with Crippen molar-refractivity contribution in [3.8, 4) is 17.2 Å². The van der Waals surface area contributed by atoms with Gasteiger partial charge in [0.1, 0.15) is 29.0 Å². The predicted molar refractivity (Wildman–Crippen MR) is 273 cm³/mol. The van der Waals surface area contributed by atoms with Crippen LogP contribution in [0.15, 0.2) is 169 Å². The van der Waals surface area contributed by atoms with Crippen LogP contribution in [0.5, 0.6) is 0 Å². The van der Waals surface area contributed by atoms with Crippen molar-refractivity contribution in [3.63, 3.8) is 0 Å². The maximum atomic E-state index is 12.8. The van der Waals surface area contributed by atoms with E-state index in [1.165, 1.54) is 50.6 Å². The molecule has 67 heavy (non-hydrogen) atoms. The Labute approximate surface area is 395 Å². The Morgan fingerprint density at radius 3 is 1.67 bits per heavy atom. The van der Waals surface area contributed by atoms with Crippen LogP contribution in [0.25, 0.3) is 16.7 Å². The van der Waals surface area contributed by atoms with Crippen molar-refractivity contribution in [1.82, 2.24) is 0 Å². The highest BCUT2D eigenvalue weighted by molar-refractivity contribution is 7.18. The van der Waals surface area contributed by atoms with Crippen LogP contribution in [0.1, 0.15) is 52.1 Å². The molecule has 0 spiro atoms. The first-order valence-corrected chi connectivity index (χ1v) is 22.9. The van der Waals surface area contributed by atoms with Crippen molar-refractivity contribution in [2.75, 3.05) is 22.9 Å². The number of nitrogens with zero attached hydrogens (tertiary/aromatic N) is 6. The Morgan fingerprint density at radius 1 is 0.642 bits per heavy atom. The molecule has 0 aliphatic heterocycles. The topological polar surface area (TPSA) is 120 Å². The average molecular weight is 902 g/mol. The Bertz CT molecular complexity index is 3110. The SMILES string of the molecule is CCN(c1ccc(C(=C2C=CC(=[N+](CC)c3c(C)cccc3C)C=C2)c2sc(N(c3ccccc3[N+](=O)[O-])c3ccccc3[N+](=O)[O-])c(C#N)c2-c2ccccc2)cc1)c1c(C)cccc1C. The maximum Gasteiger partial charge on any atom is 0.293 e. The molecule has 0 atom stereocenters. The average Bonchev–Trinajstić information content (AvgIpc) is 3.71. The fraction of sp³-hybridized carbons (Fsp3) is 0.143. The van der Waals surface area contributed by atoms with Gasteiger partial charge in [-0.05, 0) is 106 Å². The summed E-state index contributed by atoms with van der Waals surface area (Å²) < 4.78 is 2.31. The van der Waals surface area contributed by atoms with E-state index in [4.69, 9.17) is 0 Å². The van der Waals surface area contributed by atoms with Crippen molar-refractivity contribution in [2.45, 2.75) is 41.5 Å². The zero-order valence-corrected chi connectivity index (χ0v) is 39.0. The van der Waals surface area contributed by atoms with Gasteiger partial charge in [0, 0.05) is 69.3 Å². The zero-order valence-electron chi connectivity index (χ0n) is 38.2. The number of aryl methyl sites for hydroxylation is 4. The summed E-state index contributed by atoms with van der Waals surface area (Å²) in [5.41, 5.74) is 12.7. The van der Waals surface area contributed by atoms with Gasteiger partial charge >= 0.3 is 0 Å². The van der Waals surface area contributed by atoms with E-state index >= 15 is 0 Å². The minimum atomic E-state index is -0.507. The summed E-state index contributed by atoms with van der Waals surface area (Å²) in [5.74, 6) is 0. The largest absolute Gasteiger partial charge is 0.341 e. The molecule has 0 saturated carbocycles. The number of nitro groups is 2. The molecule has 0 N–H and O–H groups in total. The Hall–Kier alpha value is -8.20. The van der Waals surface area contributed by atoms with Gasteiger partial charge in [0.2, 0.25) is 11.4 Å². The third-order valence-electron chi connectivity index (χ3n) is 12.1. The van der Waals surface area contributed by atoms with Crippen LogP contribution in [-0.4, -0.2) is 33.2 Å². The number of benzene rings is 6. The molecule has 0 unspecified atom stereocenters. The molecule has 6 aromatic carbocycles. The van der Waals surface area contributed by atoms with Crippen LogP contribution in [0.2, 0.25) is 0 Å². The van der Waals surface area contributed by atoms with Crippen molar-refractivity contribution in [3.05, 3.63) is 228 Å². The van der Waals surface area contributed by atoms with Gasteiger partial charge in [-0.3, -0.25) is 25.1 Å². The zero-order chi connectivity index (χ0) is 47.4. The van der Waals surface area contributed by atoms with E-state index in [1.54, 1.807) is 36.4 Å². The van der Waals surface area contributed by atoms with E-state index in [2.05, 4.69) is 142 Å². The lowest BCUT2D eigenvalue weighted by atomic mass is 9.90. The summed E-state index contributed by atoms with van der Waals surface area (Å²) in [6, 6.07) is 45.4. The molecule has 8 rings (SSSR count). The number of para-hydroxylation sites is 6. The lowest BCUT2D eigenvalue weighted by Crippen LogP contribution is -2.18. The molecule has 1 aliphatic carbocycles. The van der Waals surface area contributed by atoms with Crippen LogP contribution in [0.4, 0.5) is 44.8 Å². The predicted octanol–water partition coefficient (Wildman–Crippen LogP) is 14.7. The molecule has 11 heteroatoms. The number of nitro benzene ring substituents is 2. The van der Waals surface area contributed by atoms with E-state index in [1.807, 2.05) is 30.3 Å². The number of hydrogen-bond acceptors (Lipinski definition) is 8. The Kier molecular flexibility index (Phi) is 13.2. The van der Waals surface area contributed by atoms with Crippen LogP contribution < -0.4 is 9.80 Å². The molecule has 0 bridgehead atoms. The molecule has 1 aromatic heterocycles. The third-order valence-corrected chi connectivity index (χ3v) is 13.3.